The number of hydrogen-bond donors (Lipinski definition) is 0. The summed E-state index contributed by atoms with van der Waals surface area (Å²) in [4.78, 5) is 25.6. The fourth-order valence-electron chi connectivity index (χ4n) is 3.51. The molecule has 2 aromatic carbocycles. The first-order valence-corrected chi connectivity index (χ1v) is 11.7. The van der Waals surface area contributed by atoms with E-state index in [1.54, 1.807) is 18.2 Å². The van der Waals surface area contributed by atoms with E-state index in [-0.39, 0.29) is 36.4 Å². The maximum absolute atomic E-state index is 10.8. The molecule has 0 amide bonds. The molecule has 3 rings (SSSR count). The SMILES string of the molecule is CC(=O)c1cccc(C(C)=O)n1.Cc1cc(C)c([N]=[Fe+2]=[N]c2c(C)cc(C)cc2C)c(C)c1.[Cl-].[Cl-]. The molecule has 0 N–H and O–H groups in total. The van der Waals surface area contributed by atoms with Crippen LogP contribution in [0, 0.1) is 41.5 Å². The Kier molecular flexibility index (Phi) is 13.9. The number of pyridine rings is 1. The smallest absolute Gasteiger partial charge is 1.00 e. The quantitative estimate of drug-likeness (QED) is 0.361. The van der Waals surface area contributed by atoms with E-state index in [1.807, 2.05) is 0 Å². The number of carbonyl (C=O) groups is 2. The molecule has 188 valence electrons. The van der Waals surface area contributed by atoms with Crippen LogP contribution in [0.5, 0.6) is 0 Å². The molecule has 0 aliphatic carbocycles. The third kappa shape index (κ3) is 9.65. The Balaban J connectivity index is 0.000000712. The van der Waals surface area contributed by atoms with Crippen molar-refractivity contribution in [2.75, 3.05) is 0 Å². The van der Waals surface area contributed by atoms with Crippen molar-refractivity contribution in [3.05, 3.63) is 87.2 Å². The van der Waals surface area contributed by atoms with Gasteiger partial charge in [-0.1, -0.05) is 6.07 Å². The molecule has 0 aliphatic rings. The van der Waals surface area contributed by atoms with Crippen LogP contribution in [-0.4, -0.2) is 16.6 Å². The maximum Gasteiger partial charge on any atom is -1.00 e. The van der Waals surface area contributed by atoms with Crippen molar-refractivity contribution < 1.29 is 49.0 Å². The van der Waals surface area contributed by atoms with E-state index in [4.69, 9.17) is 0 Å². The summed E-state index contributed by atoms with van der Waals surface area (Å²) in [5, 5.41) is 0. The van der Waals surface area contributed by atoms with Crippen molar-refractivity contribution in [3.8, 4) is 0 Å². The first kappa shape index (κ1) is 32.6. The largest absolute Gasteiger partial charge is 1.00 e. The van der Waals surface area contributed by atoms with Crippen LogP contribution in [-0.2, 0) is 14.6 Å². The minimum atomic E-state index is -0.127. The summed E-state index contributed by atoms with van der Waals surface area (Å²) in [6.45, 7) is 15.5. The van der Waals surface area contributed by atoms with E-state index >= 15 is 0 Å². The summed E-state index contributed by atoms with van der Waals surface area (Å²) < 4.78 is 9.36. The zero-order chi connectivity index (χ0) is 24.7. The van der Waals surface area contributed by atoms with Crippen molar-refractivity contribution in [2.24, 2.45) is 7.92 Å². The van der Waals surface area contributed by atoms with Crippen LogP contribution >= 0.6 is 0 Å². The standard InChI is InChI=1S/C9H9NO2.2C9H11N.2ClH.Fe/c1-6(11)8-4-3-5-9(10-8)7(2)12;2*1-6-4-7(2)9(10)8(3)5-6;;;/h3-5H,1-2H3;2*4-5H,1-3H3;2*1H;/q;;;;;+2/p-2. The predicted molar refractivity (Wildman–Crippen MR) is 130 cm³/mol. The first-order chi connectivity index (χ1) is 15.5. The van der Waals surface area contributed by atoms with Crippen LogP contribution in [0.3, 0.4) is 0 Å². The number of aromatic nitrogens is 1. The van der Waals surface area contributed by atoms with E-state index in [1.165, 1.54) is 47.2 Å². The second-order valence-electron chi connectivity index (χ2n) is 8.24. The third-order valence-electron chi connectivity index (χ3n) is 4.97. The fourth-order valence-corrected chi connectivity index (χ4v) is 4.56. The van der Waals surface area contributed by atoms with Gasteiger partial charge in [-0.3, -0.25) is 9.59 Å². The Morgan fingerprint density at radius 3 is 1.26 bits per heavy atom. The van der Waals surface area contributed by atoms with Gasteiger partial charge < -0.3 is 24.8 Å². The van der Waals surface area contributed by atoms with Gasteiger partial charge >= 0.3 is 133 Å². The van der Waals surface area contributed by atoms with Crippen molar-refractivity contribution in [1.82, 2.24) is 4.98 Å². The average Bonchev–Trinajstić information content (AvgIpc) is 2.72. The fraction of sp³-hybridized carbons (Fsp3) is 0.296. The van der Waals surface area contributed by atoms with Crippen molar-refractivity contribution >= 4 is 22.9 Å². The van der Waals surface area contributed by atoms with Crippen LogP contribution in [0.1, 0.15) is 68.2 Å². The van der Waals surface area contributed by atoms with Gasteiger partial charge in [0, 0.05) is 13.8 Å². The van der Waals surface area contributed by atoms with Crippen molar-refractivity contribution in [1.29, 1.82) is 0 Å². The van der Waals surface area contributed by atoms with Crippen molar-refractivity contribution in [2.45, 2.75) is 55.4 Å². The molecular weight excluding hydrogens is 525 g/mol. The first-order valence-electron chi connectivity index (χ1n) is 10.7. The number of ketones is 2. The maximum atomic E-state index is 10.8. The molecule has 0 unspecified atom stereocenters. The Bertz CT molecular complexity index is 1150. The number of Topliss-reactive ketones (excluding diaryl/α,β-unsaturated/α-hetero) is 2. The van der Waals surface area contributed by atoms with Gasteiger partial charge in [0.05, 0.1) is 0 Å². The molecule has 3 aromatic rings. The van der Waals surface area contributed by atoms with Crippen molar-refractivity contribution in [3.63, 3.8) is 0 Å². The molecular formula is C27H31Cl2FeN3O2. The molecule has 0 spiro atoms. The Hall–Kier alpha value is -2.37. The number of hydrogen-bond acceptors (Lipinski definition) is 5. The van der Waals surface area contributed by atoms with Crippen LogP contribution in [0.25, 0.3) is 0 Å². The zero-order valence-corrected chi connectivity index (χ0v) is 23.9. The molecule has 0 aliphatic heterocycles. The summed E-state index contributed by atoms with van der Waals surface area (Å²) in [6.07, 6.45) is 0. The molecule has 0 bridgehead atoms. The monoisotopic (exact) mass is 555 g/mol. The average molecular weight is 556 g/mol. The molecule has 0 fully saturated rings. The summed E-state index contributed by atoms with van der Waals surface area (Å²) >= 11 is 0.482. The predicted octanol–water partition coefficient (Wildman–Crippen LogP) is 1.44. The Morgan fingerprint density at radius 1 is 0.657 bits per heavy atom. The molecule has 35 heavy (non-hydrogen) atoms. The number of nitrogens with zero attached hydrogens (tertiary/aromatic N) is 3. The van der Waals surface area contributed by atoms with E-state index in [0.717, 1.165) is 11.4 Å². The normalized spacial score (nSPS) is 9.49. The number of aryl methyl sites for hydroxylation is 6. The van der Waals surface area contributed by atoms with Gasteiger partial charge in [-0.25, -0.2) is 4.98 Å². The number of carbonyl (C=O) groups excluding carboxylic acids is 2. The number of benzene rings is 2. The summed E-state index contributed by atoms with van der Waals surface area (Å²) in [7, 11) is 0. The number of halogens is 2. The van der Waals surface area contributed by atoms with Gasteiger partial charge in [0.15, 0.2) is 11.6 Å². The van der Waals surface area contributed by atoms with E-state index in [0.29, 0.717) is 26.0 Å². The molecule has 0 saturated carbocycles. The van der Waals surface area contributed by atoms with Gasteiger partial charge in [-0.15, -0.1) is 0 Å². The molecule has 0 radical (unpaired) electrons. The zero-order valence-electron chi connectivity index (χ0n) is 21.3. The second-order valence-corrected chi connectivity index (χ2v) is 8.96. The number of rotatable bonds is 4. The summed E-state index contributed by atoms with van der Waals surface area (Å²) in [5.41, 5.74) is 10.3. The molecule has 5 nitrogen and oxygen atoms in total. The summed E-state index contributed by atoms with van der Waals surface area (Å²) in [6, 6.07) is 13.5. The van der Waals surface area contributed by atoms with Gasteiger partial charge in [0.25, 0.3) is 0 Å². The molecule has 1 heterocycles. The van der Waals surface area contributed by atoms with E-state index in [9.17, 15) is 9.59 Å². The molecule has 8 heteroatoms. The topological polar surface area (TPSA) is 71.8 Å². The van der Waals surface area contributed by atoms with Crippen LogP contribution < -0.4 is 24.8 Å². The van der Waals surface area contributed by atoms with E-state index in [2.05, 4.69) is 78.7 Å². The Labute approximate surface area is 226 Å². The summed E-state index contributed by atoms with van der Waals surface area (Å²) in [5.74, 6) is -0.254. The van der Waals surface area contributed by atoms with Crippen LogP contribution in [0.2, 0.25) is 0 Å². The van der Waals surface area contributed by atoms with Gasteiger partial charge in [0.2, 0.25) is 0 Å². The molecule has 1 aromatic heterocycles. The molecule has 0 atom stereocenters. The molecule has 0 saturated heterocycles. The van der Waals surface area contributed by atoms with Gasteiger partial charge in [-0.05, 0) is 12.1 Å². The van der Waals surface area contributed by atoms with Gasteiger partial charge in [0.1, 0.15) is 11.4 Å². The Morgan fingerprint density at radius 2 is 0.971 bits per heavy atom. The van der Waals surface area contributed by atoms with E-state index < -0.39 is 0 Å². The second kappa shape index (κ2) is 14.9. The minimum absolute atomic E-state index is 0. The van der Waals surface area contributed by atoms with Crippen LogP contribution in [0.15, 0.2) is 50.4 Å². The van der Waals surface area contributed by atoms with Gasteiger partial charge in [-0.2, -0.15) is 0 Å². The third-order valence-corrected chi connectivity index (χ3v) is 5.68. The minimum Gasteiger partial charge on any atom is -1.00 e. The van der Waals surface area contributed by atoms with Crippen LogP contribution in [0.4, 0.5) is 11.4 Å².